The molecule has 1 heterocycles. The first kappa shape index (κ1) is 16.4. The van der Waals surface area contributed by atoms with Gasteiger partial charge >= 0.3 is 0 Å². The topological polar surface area (TPSA) is 80.9 Å². The number of nitrogens with zero attached hydrogens (tertiary/aromatic N) is 2. The summed E-state index contributed by atoms with van der Waals surface area (Å²) in [5.41, 5.74) is 6.31. The summed E-state index contributed by atoms with van der Waals surface area (Å²) in [5, 5.41) is 12.8. The molecule has 1 aromatic heterocycles. The number of nitrogens with two attached hydrogens (primary N) is 1. The third-order valence-corrected chi connectivity index (χ3v) is 4.41. The average Bonchev–Trinajstić information content (AvgIpc) is 2.94. The Morgan fingerprint density at radius 3 is 2.55 bits per heavy atom. The van der Waals surface area contributed by atoms with Gasteiger partial charge in [0.1, 0.15) is 10.8 Å². The highest BCUT2D eigenvalue weighted by Gasteiger charge is 2.17. The van der Waals surface area contributed by atoms with Crippen molar-refractivity contribution in [2.24, 2.45) is 11.7 Å². The zero-order valence-corrected chi connectivity index (χ0v) is 13.4. The molecule has 0 aliphatic carbocycles. The van der Waals surface area contributed by atoms with Crippen molar-refractivity contribution in [2.75, 3.05) is 11.9 Å². The summed E-state index contributed by atoms with van der Waals surface area (Å²) in [6.45, 7) is 4.47. The number of benzene rings is 1. The SMILES string of the molecule is CC(C)c1nnc(NCC(Cc2ccc(F)cc2)C(N)=O)s1. The number of amides is 1. The van der Waals surface area contributed by atoms with E-state index < -0.39 is 11.8 Å². The number of carbonyl (C=O) groups is 1. The average molecular weight is 322 g/mol. The van der Waals surface area contributed by atoms with Crippen LogP contribution in [0.3, 0.4) is 0 Å². The van der Waals surface area contributed by atoms with E-state index in [1.165, 1.54) is 23.5 Å². The third-order valence-electron chi connectivity index (χ3n) is 3.23. The summed E-state index contributed by atoms with van der Waals surface area (Å²) < 4.78 is 12.9. The van der Waals surface area contributed by atoms with E-state index in [4.69, 9.17) is 5.73 Å². The summed E-state index contributed by atoms with van der Waals surface area (Å²) in [5.74, 6) is -0.769. The largest absolute Gasteiger partial charge is 0.369 e. The molecule has 0 saturated carbocycles. The van der Waals surface area contributed by atoms with Gasteiger partial charge in [0.15, 0.2) is 0 Å². The van der Waals surface area contributed by atoms with Gasteiger partial charge in [-0.15, -0.1) is 10.2 Å². The second-order valence-electron chi connectivity index (χ2n) is 5.41. The van der Waals surface area contributed by atoms with E-state index >= 15 is 0 Å². The van der Waals surface area contributed by atoms with Crippen molar-refractivity contribution >= 4 is 22.4 Å². The Hall–Kier alpha value is -2.02. The number of rotatable bonds is 7. The summed E-state index contributed by atoms with van der Waals surface area (Å²) in [6.07, 6.45) is 0.457. The summed E-state index contributed by atoms with van der Waals surface area (Å²) in [6, 6.07) is 6.07. The lowest BCUT2D eigenvalue weighted by molar-refractivity contribution is -0.121. The molecule has 0 radical (unpaired) electrons. The summed E-state index contributed by atoms with van der Waals surface area (Å²) in [7, 11) is 0. The number of hydrogen-bond donors (Lipinski definition) is 2. The molecule has 0 bridgehead atoms. The highest BCUT2D eigenvalue weighted by Crippen LogP contribution is 2.22. The minimum Gasteiger partial charge on any atom is -0.369 e. The first-order valence-electron chi connectivity index (χ1n) is 7.06. The van der Waals surface area contributed by atoms with Crippen molar-refractivity contribution in [3.8, 4) is 0 Å². The van der Waals surface area contributed by atoms with E-state index in [9.17, 15) is 9.18 Å². The Labute approximate surface area is 132 Å². The van der Waals surface area contributed by atoms with Gasteiger partial charge in [0.2, 0.25) is 11.0 Å². The molecule has 0 spiro atoms. The summed E-state index contributed by atoms with van der Waals surface area (Å²) in [4.78, 5) is 11.6. The first-order chi connectivity index (χ1) is 10.5. The Bertz CT molecular complexity index is 627. The van der Waals surface area contributed by atoms with Crippen molar-refractivity contribution < 1.29 is 9.18 Å². The molecule has 2 rings (SSSR count). The van der Waals surface area contributed by atoms with Gasteiger partial charge in [-0.2, -0.15) is 0 Å². The standard InChI is InChI=1S/C15H19FN4OS/c1-9(2)14-19-20-15(22-14)18-8-11(13(17)21)7-10-3-5-12(16)6-4-10/h3-6,9,11H,7-8H2,1-2H3,(H2,17,21)(H,18,20). The zero-order chi connectivity index (χ0) is 16.1. The normalized spacial score (nSPS) is 12.4. The van der Waals surface area contributed by atoms with Gasteiger partial charge in [0.05, 0.1) is 5.92 Å². The van der Waals surface area contributed by atoms with E-state index in [2.05, 4.69) is 15.5 Å². The Morgan fingerprint density at radius 2 is 2.00 bits per heavy atom. The smallest absolute Gasteiger partial charge is 0.222 e. The molecule has 0 aliphatic heterocycles. The maximum atomic E-state index is 12.9. The molecule has 5 nitrogen and oxygen atoms in total. The van der Waals surface area contributed by atoms with Crippen LogP contribution in [0.5, 0.6) is 0 Å². The predicted octanol–water partition coefficient (Wildman–Crippen LogP) is 2.56. The van der Waals surface area contributed by atoms with Gasteiger partial charge in [-0.3, -0.25) is 4.79 Å². The number of primary amides is 1. The molecular formula is C15H19FN4OS. The highest BCUT2D eigenvalue weighted by molar-refractivity contribution is 7.15. The molecule has 1 aromatic carbocycles. The molecule has 1 unspecified atom stereocenters. The Morgan fingerprint density at radius 1 is 1.32 bits per heavy atom. The molecule has 22 heavy (non-hydrogen) atoms. The van der Waals surface area contributed by atoms with Crippen LogP contribution in [0.4, 0.5) is 9.52 Å². The molecule has 7 heteroatoms. The van der Waals surface area contributed by atoms with Crippen LogP contribution in [0.15, 0.2) is 24.3 Å². The second kappa shape index (κ2) is 7.31. The van der Waals surface area contributed by atoms with E-state index in [-0.39, 0.29) is 5.82 Å². The number of carbonyl (C=O) groups excluding carboxylic acids is 1. The molecule has 0 saturated heterocycles. The molecule has 1 amide bonds. The fourth-order valence-electron chi connectivity index (χ4n) is 1.93. The fraction of sp³-hybridized carbons (Fsp3) is 0.400. The van der Waals surface area contributed by atoms with Gasteiger partial charge in [-0.25, -0.2) is 4.39 Å². The van der Waals surface area contributed by atoms with Crippen molar-refractivity contribution in [3.05, 3.63) is 40.7 Å². The van der Waals surface area contributed by atoms with Gasteiger partial charge in [0.25, 0.3) is 0 Å². The molecule has 2 aromatic rings. The number of halogens is 1. The highest BCUT2D eigenvalue weighted by atomic mass is 32.1. The van der Waals surface area contributed by atoms with Crippen LogP contribution in [-0.2, 0) is 11.2 Å². The van der Waals surface area contributed by atoms with Crippen LogP contribution in [0.25, 0.3) is 0 Å². The van der Waals surface area contributed by atoms with Crippen LogP contribution < -0.4 is 11.1 Å². The van der Waals surface area contributed by atoms with Crippen LogP contribution >= 0.6 is 11.3 Å². The van der Waals surface area contributed by atoms with E-state index in [0.717, 1.165) is 10.6 Å². The minimum atomic E-state index is -0.398. The summed E-state index contributed by atoms with van der Waals surface area (Å²) >= 11 is 1.47. The van der Waals surface area contributed by atoms with Crippen LogP contribution in [0.2, 0.25) is 0 Å². The number of nitrogens with one attached hydrogen (secondary N) is 1. The molecule has 3 N–H and O–H groups in total. The lowest BCUT2D eigenvalue weighted by atomic mass is 9.99. The van der Waals surface area contributed by atoms with Crippen LogP contribution in [-0.4, -0.2) is 22.6 Å². The lowest BCUT2D eigenvalue weighted by Gasteiger charge is -2.13. The van der Waals surface area contributed by atoms with Crippen molar-refractivity contribution in [3.63, 3.8) is 0 Å². The van der Waals surface area contributed by atoms with Gasteiger partial charge in [-0.05, 0) is 24.1 Å². The maximum Gasteiger partial charge on any atom is 0.222 e. The van der Waals surface area contributed by atoms with Crippen molar-refractivity contribution in [2.45, 2.75) is 26.2 Å². The predicted molar refractivity (Wildman–Crippen MR) is 85.3 cm³/mol. The second-order valence-corrected chi connectivity index (χ2v) is 6.42. The third kappa shape index (κ3) is 4.49. The first-order valence-corrected chi connectivity index (χ1v) is 7.88. The number of hydrogen-bond acceptors (Lipinski definition) is 5. The Balaban J connectivity index is 1.96. The van der Waals surface area contributed by atoms with Crippen molar-refractivity contribution in [1.82, 2.24) is 10.2 Å². The molecule has 0 aliphatic rings. The van der Waals surface area contributed by atoms with Gasteiger partial charge in [-0.1, -0.05) is 37.3 Å². The van der Waals surface area contributed by atoms with Crippen LogP contribution in [0.1, 0.15) is 30.3 Å². The maximum absolute atomic E-state index is 12.9. The number of anilines is 1. The lowest BCUT2D eigenvalue weighted by Crippen LogP contribution is -2.31. The zero-order valence-electron chi connectivity index (χ0n) is 12.5. The van der Waals surface area contributed by atoms with E-state index in [1.54, 1.807) is 12.1 Å². The van der Waals surface area contributed by atoms with E-state index in [1.807, 2.05) is 13.8 Å². The monoisotopic (exact) mass is 322 g/mol. The molecule has 118 valence electrons. The molecule has 0 fully saturated rings. The van der Waals surface area contributed by atoms with Crippen LogP contribution in [0, 0.1) is 11.7 Å². The van der Waals surface area contributed by atoms with Gasteiger partial charge in [0, 0.05) is 12.5 Å². The van der Waals surface area contributed by atoms with Gasteiger partial charge < -0.3 is 11.1 Å². The minimum absolute atomic E-state index is 0.299. The number of aromatic nitrogens is 2. The van der Waals surface area contributed by atoms with E-state index in [0.29, 0.717) is 24.0 Å². The Kier molecular flexibility index (Phi) is 5.43. The molecular weight excluding hydrogens is 303 g/mol. The quantitative estimate of drug-likeness (QED) is 0.821. The fourth-order valence-corrected chi connectivity index (χ4v) is 2.68. The molecule has 1 atom stereocenters. The van der Waals surface area contributed by atoms with Crippen molar-refractivity contribution in [1.29, 1.82) is 0 Å².